The second-order valence-corrected chi connectivity index (χ2v) is 1.22. The fourth-order valence-corrected chi connectivity index (χ4v) is 0.318. The van der Waals surface area contributed by atoms with Gasteiger partial charge in [0.2, 0.25) is 0 Å². The first-order chi connectivity index (χ1) is 3.29. The van der Waals surface area contributed by atoms with Crippen molar-refractivity contribution in [3.8, 4) is 0 Å². The van der Waals surface area contributed by atoms with Gasteiger partial charge in [0.25, 0.3) is 5.22 Å². The lowest BCUT2D eigenvalue weighted by molar-refractivity contribution is 0.295. The molecule has 0 saturated heterocycles. The monoisotopic (exact) mass is 120 g/mol. The minimum absolute atomic E-state index is 0.0579. The summed E-state index contributed by atoms with van der Waals surface area (Å²) in [6.07, 6.45) is -0.954. The first-order valence-electron chi connectivity index (χ1n) is 1.47. The van der Waals surface area contributed by atoms with E-state index < -0.39 is 6.14 Å². The lowest BCUT2D eigenvalue weighted by atomic mass is 11.4. The molecule has 0 aliphatic carbocycles. The molecule has 1 aromatic rings. The van der Waals surface area contributed by atoms with Crippen LogP contribution in [0.2, 0.25) is 0 Å². The van der Waals surface area contributed by atoms with Crippen LogP contribution in [0.25, 0.3) is 0 Å². The molecule has 0 unspecified atom stereocenters. The van der Waals surface area contributed by atoms with E-state index >= 15 is 0 Å². The van der Waals surface area contributed by atoms with E-state index in [1.54, 1.807) is 0 Å². The SMILES string of the molecule is Fc1nnc(S)o1. The molecule has 0 N–H and O–H groups in total. The van der Waals surface area contributed by atoms with Crippen molar-refractivity contribution >= 4 is 12.6 Å². The Bertz CT molecular complexity index is 148. The molecular weight excluding hydrogens is 119 g/mol. The van der Waals surface area contributed by atoms with E-state index in [0.717, 1.165) is 0 Å². The van der Waals surface area contributed by atoms with Crippen LogP contribution in [0.5, 0.6) is 0 Å². The summed E-state index contributed by atoms with van der Waals surface area (Å²) in [6.45, 7) is 0. The third-order valence-electron chi connectivity index (χ3n) is 0.390. The first-order valence-corrected chi connectivity index (χ1v) is 1.92. The van der Waals surface area contributed by atoms with Crippen molar-refractivity contribution in [3.63, 3.8) is 0 Å². The lowest BCUT2D eigenvalue weighted by Gasteiger charge is -1.65. The molecular formula is C2HFN2OS. The summed E-state index contributed by atoms with van der Waals surface area (Å²) in [5, 5.41) is 5.89. The Labute approximate surface area is 44.0 Å². The maximum absolute atomic E-state index is 11.5. The quantitative estimate of drug-likeness (QED) is 0.506. The van der Waals surface area contributed by atoms with Gasteiger partial charge in [0.15, 0.2) is 0 Å². The Hall–Kier alpha value is -0.580. The zero-order chi connectivity index (χ0) is 5.28. The van der Waals surface area contributed by atoms with Crippen LogP contribution in [0.1, 0.15) is 0 Å². The van der Waals surface area contributed by atoms with Crippen LogP contribution in [0.3, 0.4) is 0 Å². The molecule has 38 valence electrons. The highest BCUT2D eigenvalue weighted by Gasteiger charge is 1.95. The fraction of sp³-hybridized carbons (Fsp3) is 0. The maximum Gasteiger partial charge on any atom is 0.403 e. The van der Waals surface area contributed by atoms with Crippen molar-refractivity contribution in [2.24, 2.45) is 0 Å². The Balaban J connectivity index is 3.04. The van der Waals surface area contributed by atoms with Gasteiger partial charge in [-0.25, -0.2) is 0 Å². The Morgan fingerprint density at radius 3 is 2.43 bits per heavy atom. The molecule has 0 aliphatic rings. The van der Waals surface area contributed by atoms with Crippen LogP contribution in [0.15, 0.2) is 9.64 Å². The summed E-state index contributed by atoms with van der Waals surface area (Å²) in [5.41, 5.74) is 0. The lowest BCUT2D eigenvalue weighted by Crippen LogP contribution is -1.67. The van der Waals surface area contributed by atoms with E-state index in [9.17, 15) is 4.39 Å². The highest BCUT2D eigenvalue weighted by Crippen LogP contribution is 1.99. The van der Waals surface area contributed by atoms with Gasteiger partial charge in [0.05, 0.1) is 0 Å². The Kier molecular flexibility index (Phi) is 0.976. The van der Waals surface area contributed by atoms with Crippen LogP contribution < -0.4 is 0 Å². The van der Waals surface area contributed by atoms with Gasteiger partial charge in [-0.05, 0) is 0 Å². The van der Waals surface area contributed by atoms with E-state index in [-0.39, 0.29) is 5.22 Å². The van der Waals surface area contributed by atoms with Gasteiger partial charge in [-0.2, -0.15) is 0 Å². The summed E-state index contributed by atoms with van der Waals surface area (Å²) < 4.78 is 15.6. The van der Waals surface area contributed by atoms with Crippen molar-refractivity contribution in [1.29, 1.82) is 0 Å². The number of halogens is 1. The average Bonchev–Trinajstić information content (AvgIpc) is 1.87. The van der Waals surface area contributed by atoms with Crippen molar-refractivity contribution in [2.75, 3.05) is 0 Å². The molecule has 0 atom stereocenters. The molecule has 0 saturated carbocycles. The van der Waals surface area contributed by atoms with Crippen LogP contribution >= 0.6 is 12.6 Å². The van der Waals surface area contributed by atoms with Crippen molar-refractivity contribution in [2.45, 2.75) is 5.22 Å². The zero-order valence-corrected chi connectivity index (χ0v) is 4.02. The molecule has 7 heavy (non-hydrogen) atoms. The molecule has 0 bridgehead atoms. The topological polar surface area (TPSA) is 38.9 Å². The molecule has 1 aromatic heterocycles. The van der Waals surface area contributed by atoms with Gasteiger partial charge in [0.1, 0.15) is 0 Å². The van der Waals surface area contributed by atoms with Crippen LogP contribution in [-0.4, -0.2) is 10.2 Å². The van der Waals surface area contributed by atoms with Gasteiger partial charge in [-0.1, -0.05) is 22.8 Å². The summed E-state index contributed by atoms with van der Waals surface area (Å²) in [4.78, 5) is 0. The molecule has 0 spiro atoms. The van der Waals surface area contributed by atoms with Crippen molar-refractivity contribution in [3.05, 3.63) is 6.14 Å². The first kappa shape index (κ1) is 4.58. The summed E-state index contributed by atoms with van der Waals surface area (Å²) in [6, 6.07) is 0. The van der Waals surface area contributed by atoms with Crippen LogP contribution in [-0.2, 0) is 0 Å². The number of rotatable bonds is 0. The smallest absolute Gasteiger partial charge is 0.389 e. The summed E-state index contributed by atoms with van der Waals surface area (Å²) in [5.74, 6) is 0. The molecule has 0 aliphatic heterocycles. The second kappa shape index (κ2) is 1.49. The van der Waals surface area contributed by atoms with E-state index in [1.165, 1.54) is 0 Å². The van der Waals surface area contributed by atoms with Gasteiger partial charge in [-0.3, -0.25) is 0 Å². The molecule has 0 fully saturated rings. The standard InChI is InChI=1S/C2HFN2OS/c3-1-4-5-2(7)6-1/h(H,5,7). The molecule has 1 rings (SSSR count). The van der Waals surface area contributed by atoms with Gasteiger partial charge in [0, 0.05) is 0 Å². The van der Waals surface area contributed by atoms with Crippen molar-refractivity contribution in [1.82, 2.24) is 10.2 Å². The fourth-order valence-electron chi connectivity index (χ4n) is 0.198. The molecule has 0 radical (unpaired) electrons. The average molecular weight is 120 g/mol. The Morgan fingerprint density at radius 2 is 2.29 bits per heavy atom. The Morgan fingerprint density at radius 1 is 1.57 bits per heavy atom. The number of thiol groups is 1. The summed E-state index contributed by atoms with van der Waals surface area (Å²) >= 11 is 3.52. The third-order valence-corrected chi connectivity index (χ3v) is 0.570. The highest BCUT2D eigenvalue weighted by atomic mass is 32.1. The van der Waals surface area contributed by atoms with Gasteiger partial charge in [-0.15, -0.1) is 4.39 Å². The van der Waals surface area contributed by atoms with E-state index in [2.05, 4.69) is 27.2 Å². The van der Waals surface area contributed by atoms with Crippen LogP contribution in [0.4, 0.5) is 4.39 Å². The number of hydrogen-bond acceptors (Lipinski definition) is 4. The third kappa shape index (κ3) is 0.894. The predicted octanol–water partition coefficient (Wildman–Crippen LogP) is 0.497. The number of hydrogen-bond donors (Lipinski definition) is 1. The van der Waals surface area contributed by atoms with Gasteiger partial charge < -0.3 is 4.42 Å². The minimum Gasteiger partial charge on any atom is -0.389 e. The predicted molar refractivity (Wildman–Crippen MR) is 21.5 cm³/mol. The summed E-state index contributed by atoms with van der Waals surface area (Å²) in [7, 11) is 0. The van der Waals surface area contributed by atoms with E-state index in [4.69, 9.17) is 0 Å². The molecule has 5 heteroatoms. The molecule has 3 nitrogen and oxygen atoms in total. The minimum atomic E-state index is -0.954. The molecule has 0 amide bonds. The van der Waals surface area contributed by atoms with E-state index in [1.807, 2.05) is 0 Å². The van der Waals surface area contributed by atoms with E-state index in [0.29, 0.717) is 0 Å². The normalized spacial score (nSPS) is 9.43. The van der Waals surface area contributed by atoms with Crippen molar-refractivity contribution < 1.29 is 8.81 Å². The number of nitrogens with zero attached hydrogens (tertiary/aromatic N) is 2. The molecule has 0 aromatic carbocycles. The number of aromatic nitrogens is 2. The van der Waals surface area contributed by atoms with Gasteiger partial charge >= 0.3 is 6.14 Å². The largest absolute Gasteiger partial charge is 0.403 e. The van der Waals surface area contributed by atoms with Crippen LogP contribution in [0, 0.1) is 6.14 Å². The second-order valence-electron chi connectivity index (χ2n) is 0.838. The molecule has 1 heterocycles. The zero-order valence-electron chi connectivity index (χ0n) is 3.13. The maximum atomic E-state index is 11.5. The highest BCUT2D eigenvalue weighted by molar-refractivity contribution is 7.80.